The molecule has 0 spiro atoms. The Morgan fingerprint density at radius 1 is 1.10 bits per heavy atom. The number of likely N-dealkylation sites (tertiary alicyclic amines) is 1. The zero-order chi connectivity index (χ0) is 19.8. The number of aliphatic imine (C=N–C) groups is 1. The van der Waals surface area contributed by atoms with Crippen LogP contribution >= 0.6 is 24.0 Å². The Kier molecular flexibility index (Phi) is 9.44. The quantitative estimate of drug-likeness (QED) is 0.355. The summed E-state index contributed by atoms with van der Waals surface area (Å²) in [6, 6.07) is 18.7. The van der Waals surface area contributed by atoms with Gasteiger partial charge in [0.25, 0.3) is 0 Å². The minimum Gasteiger partial charge on any atom is -0.356 e. The summed E-state index contributed by atoms with van der Waals surface area (Å²) in [5.74, 6) is 1.63. The van der Waals surface area contributed by atoms with Crippen LogP contribution in [0.1, 0.15) is 24.5 Å². The van der Waals surface area contributed by atoms with Crippen LogP contribution in [0, 0.1) is 5.92 Å². The van der Waals surface area contributed by atoms with Gasteiger partial charge >= 0.3 is 0 Å². The van der Waals surface area contributed by atoms with E-state index in [0.29, 0.717) is 5.92 Å². The molecular formula is C23H31IN4O. The molecule has 0 aliphatic carbocycles. The van der Waals surface area contributed by atoms with Crippen molar-refractivity contribution in [3.63, 3.8) is 0 Å². The van der Waals surface area contributed by atoms with Gasteiger partial charge in [-0.2, -0.15) is 0 Å². The Morgan fingerprint density at radius 3 is 2.48 bits per heavy atom. The standard InChI is InChI=1S/C23H30N4O.HI/c1-18(28)26-22-10-8-19(9-11-22)12-14-25-23(24-2)27-15-13-21(17-27)16-20-6-4-3-5-7-20;/h3-11,21H,12-17H2,1-2H3,(H,24,25)(H,26,28);1H. The summed E-state index contributed by atoms with van der Waals surface area (Å²) in [4.78, 5) is 17.9. The maximum atomic E-state index is 11.1. The number of halogens is 1. The van der Waals surface area contributed by atoms with Crippen LogP contribution < -0.4 is 10.6 Å². The summed E-state index contributed by atoms with van der Waals surface area (Å²) in [6.45, 7) is 4.47. The van der Waals surface area contributed by atoms with Gasteiger partial charge in [0.05, 0.1) is 0 Å². The molecule has 29 heavy (non-hydrogen) atoms. The average molecular weight is 506 g/mol. The molecule has 1 unspecified atom stereocenters. The second-order valence-electron chi connectivity index (χ2n) is 7.39. The summed E-state index contributed by atoms with van der Waals surface area (Å²) >= 11 is 0. The Hall–Kier alpha value is -2.09. The number of carbonyl (C=O) groups excluding carboxylic acids is 1. The fourth-order valence-electron chi connectivity index (χ4n) is 3.75. The van der Waals surface area contributed by atoms with Crippen molar-refractivity contribution in [2.75, 3.05) is 32.0 Å². The number of nitrogens with one attached hydrogen (secondary N) is 2. The predicted octanol–water partition coefficient (Wildman–Crippen LogP) is 3.95. The van der Waals surface area contributed by atoms with Crippen molar-refractivity contribution in [1.29, 1.82) is 0 Å². The summed E-state index contributed by atoms with van der Waals surface area (Å²) in [6.07, 6.45) is 3.26. The lowest BCUT2D eigenvalue weighted by molar-refractivity contribution is -0.114. The third-order valence-corrected chi connectivity index (χ3v) is 5.14. The van der Waals surface area contributed by atoms with Crippen LogP contribution in [-0.2, 0) is 17.6 Å². The van der Waals surface area contributed by atoms with E-state index in [1.54, 1.807) is 0 Å². The highest BCUT2D eigenvalue weighted by Gasteiger charge is 2.24. The zero-order valence-corrected chi connectivity index (χ0v) is 19.6. The number of rotatable bonds is 6. The van der Waals surface area contributed by atoms with E-state index >= 15 is 0 Å². The Morgan fingerprint density at radius 2 is 1.83 bits per heavy atom. The summed E-state index contributed by atoms with van der Waals surface area (Å²) in [5.41, 5.74) is 3.49. The smallest absolute Gasteiger partial charge is 0.221 e. The fraction of sp³-hybridized carbons (Fsp3) is 0.391. The zero-order valence-electron chi connectivity index (χ0n) is 17.2. The first-order valence-corrected chi connectivity index (χ1v) is 10.00. The van der Waals surface area contributed by atoms with E-state index in [4.69, 9.17) is 0 Å². The normalized spacial score (nSPS) is 16.3. The monoisotopic (exact) mass is 506 g/mol. The van der Waals surface area contributed by atoms with Crippen LogP contribution in [0.3, 0.4) is 0 Å². The van der Waals surface area contributed by atoms with Crippen molar-refractivity contribution in [1.82, 2.24) is 10.2 Å². The van der Waals surface area contributed by atoms with E-state index in [-0.39, 0.29) is 29.9 Å². The SMILES string of the molecule is CN=C(NCCc1ccc(NC(C)=O)cc1)N1CCC(Cc2ccccc2)C1.I. The number of benzene rings is 2. The van der Waals surface area contributed by atoms with Crippen LogP contribution in [0.5, 0.6) is 0 Å². The molecule has 1 aliphatic heterocycles. The first-order valence-electron chi connectivity index (χ1n) is 10.00. The first kappa shape index (κ1) is 23.2. The molecule has 3 rings (SSSR count). The minimum absolute atomic E-state index is 0. The topological polar surface area (TPSA) is 56.7 Å². The molecule has 1 fully saturated rings. The molecule has 0 bridgehead atoms. The van der Waals surface area contributed by atoms with Crippen molar-refractivity contribution >= 4 is 41.5 Å². The first-order chi connectivity index (χ1) is 13.6. The lowest BCUT2D eigenvalue weighted by atomic mass is 9.99. The number of carbonyl (C=O) groups is 1. The fourth-order valence-corrected chi connectivity index (χ4v) is 3.75. The van der Waals surface area contributed by atoms with Gasteiger partial charge in [0.1, 0.15) is 0 Å². The molecule has 156 valence electrons. The molecule has 1 amide bonds. The molecule has 1 heterocycles. The highest BCUT2D eigenvalue weighted by molar-refractivity contribution is 14.0. The van der Waals surface area contributed by atoms with E-state index < -0.39 is 0 Å². The van der Waals surface area contributed by atoms with Gasteiger partial charge in [-0.1, -0.05) is 42.5 Å². The molecule has 1 atom stereocenters. The lowest BCUT2D eigenvalue weighted by Gasteiger charge is -2.22. The predicted molar refractivity (Wildman–Crippen MR) is 131 cm³/mol. The van der Waals surface area contributed by atoms with Crippen LogP contribution in [-0.4, -0.2) is 43.4 Å². The van der Waals surface area contributed by atoms with Crippen molar-refractivity contribution in [3.05, 3.63) is 65.7 Å². The number of hydrogen-bond acceptors (Lipinski definition) is 2. The molecule has 1 aliphatic rings. The lowest BCUT2D eigenvalue weighted by Crippen LogP contribution is -2.41. The molecule has 2 N–H and O–H groups in total. The second kappa shape index (κ2) is 11.8. The van der Waals surface area contributed by atoms with Gasteiger partial charge in [-0.25, -0.2) is 0 Å². The van der Waals surface area contributed by atoms with Crippen molar-refractivity contribution in [2.24, 2.45) is 10.9 Å². The molecule has 2 aromatic carbocycles. The van der Waals surface area contributed by atoms with Gasteiger partial charge in [-0.15, -0.1) is 24.0 Å². The van der Waals surface area contributed by atoms with E-state index in [1.165, 1.54) is 24.5 Å². The number of guanidine groups is 1. The maximum absolute atomic E-state index is 11.1. The minimum atomic E-state index is -0.0469. The van der Waals surface area contributed by atoms with Crippen LogP contribution in [0.25, 0.3) is 0 Å². The van der Waals surface area contributed by atoms with Crippen LogP contribution in [0.2, 0.25) is 0 Å². The van der Waals surface area contributed by atoms with E-state index in [1.807, 2.05) is 19.2 Å². The van der Waals surface area contributed by atoms with Gasteiger partial charge < -0.3 is 15.5 Å². The van der Waals surface area contributed by atoms with E-state index in [0.717, 1.165) is 44.1 Å². The second-order valence-corrected chi connectivity index (χ2v) is 7.39. The molecule has 6 heteroatoms. The van der Waals surface area contributed by atoms with Gasteiger partial charge in [0.2, 0.25) is 5.91 Å². The van der Waals surface area contributed by atoms with Gasteiger partial charge in [-0.3, -0.25) is 9.79 Å². The van der Waals surface area contributed by atoms with Gasteiger partial charge in [0.15, 0.2) is 5.96 Å². The summed E-state index contributed by atoms with van der Waals surface area (Å²) in [5, 5.41) is 6.29. The maximum Gasteiger partial charge on any atom is 0.221 e. The number of hydrogen-bond donors (Lipinski definition) is 2. The third kappa shape index (κ3) is 7.34. The third-order valence-electron chi connectivity index (χ3n) is 5.14. The van der Waals surface area contributed by atoms with Crippen molar-refractivity contribution < 1.29 is 4.79 Å². The Bertz CT molecular complexity index is 792. The summed E-state index contributed by atoms with van der Waals surface area (Å²) in [7, 11) is 1.86. The molecule has 1 saturated heterocycles. The van der Waals surface area contributed by atoms with Crippen LogP contribution in [0.15, 0.2) is 59.6 Å². The van der Waals surface area contributed by atoms with Gasteiger partial charge in [-0.05, 0) is 48.4 Å². The summed E-state index contributed by atoms with van der Waals surface area (Å²) < 4.78 is 0. The Balaban J connectivity index is 0.00000300. The number of anilines is 1. The molecule has 2 aromatic rings. The van der Waals surface area contributed by atoms with Crippen molar-refractivity contribution in [2.45, 2.75) is 26.2 Å². The average Bonchev–Trinajstić information content (AvgIpc) is 3.15. The Labute approximate surface area is 191 Å². The number of amides is 1. The molecule has 5 nitrogen and oxygen atoms in total. The van der Waals surface area contributed by atoms with E-state index in [9.17, 15) is 4.79 Å². The molecule has 0 aromatic heterocycles. The number of nitrogens with zero attached hydrogens (tertiary/aromatic N) is 2. The van der Waals surface area contributed by atoms with Crippen LogP contribution in [0.4, 0.5) is 5.69 Å². The molecule has 0 saturated carbocycles. The molecule has 0 radical (unpaired) electrons. The molecular weight excluding hydrogens is 475 g/mol. The highest BCUT2D eigenvalue weighted by Crippen LogP contribution is 2.20. The largest absolute Gasteiger partial charge is 0.356 e. The van der Waals surface area contributed by atoms with Gasteiger partial charge in [0, 0.05) is 39.3 Å². The van der Waals surface area contributed by atoms with Crippen molar-refractivity contribution in [3.8, 4) is 0 Å². The van der Waals surface area contributed by atoms with E-state index in [2.05, 4.69) is 63.0 Å². The highest BCUT2D eigenvalue weighted by atomic mass is 127.